The number of carbonyl (C=O) groups excluding carboxylic acids is 1. The second-order valence-electron chi connectivity index (χ2n) is 6.01. The molecule has 2 aromatic rings. The number of anilines is 1. The van der Waals surface area contributed by atoms with Crippen LogP contribution in [0.1, 0.15) is 23.1 Å². The molecule has 0 bridgehead atoms. The number of amides is 1. The van der Waals surface area contributed by atoms with E-state index in [4.69, 9.17) is 16.3 Å². The van der Waals surface area contributed by atoms with Crippen molar-refractivity contribution in [3.8, 4) is 5.75 Å². The third-order valence-electron chi connectivity index (χ3n) is 4.33. The maximum Gasteiger partial charge on any atom is 0.264 e. The van der Waals surface area contributed by atoms with E-state index in [0.29, 0.717) is 10.8 Å². The molecule has 0 atom stereocenters. The number of ether oxygens (including phenoxy) is 1. The normalized spacial score (nSPS) is 13.6. The van der Waals surface area contributed by atoms with Gasteiger partial charge in [-0.25, -0.2) is 0 Å². The van der Waals surface area contributed by atoms with Crippen LogP contribution in [0.5, 0.6) is 5.75 Å². The predicted octanol–water partition coefficient (Wildman–Crippen LogP) is 5.08. The van der Waals surface area contributed by atoms with E-state index >= 15 is 0 Å². The minimum Gasteiger partial charge on any atom is -0.483 e. The van der Waals surface area contributed by atoms with Crippen molar-refractivity contribution in [2.45, 2.75) is 26.7 Å². The van der Waals surface area contributed by atoms with Crippen LogP contribution in [0.25, 0.3) is 0 Å². The lowest BCUT2D eigenvalue weighted by atomic mass is 10.0. The van der Waals surface area contributed by atoms with Gasteiger partial charge in [-0.2, -0.15) is 0 Å². The first kappa shape index (κ1) is 17.3. The molecular formula is C19H19BrClNO2. The highest BCUT2D eigenvalue weighted by molar-refractivity contribution is 9.10. The van der Waals surface area contributed by atoms with Gasteiger partial charge in [0.15, 0.2) is 6.61 Å². The molecule has 0 saturated heterocycles. The van der Waals surface area contributed by atoms with Crippen molar-refractivity contribution < 1.29 is 9.53 Å². The molecule has 0 unspecified atom stereocenters. The van der Waals surface area contributed by atoms with Crippen molar-refractivity contribution in [3.63, 3.8) is 0 Å². The van der Waals surface area contributed by atoms with Crippen molar-refractivity contribution in [2.24, 2.45) is 0 Å². The summed E-state index contributed by atoms with van der Waals surface area (Å²) in [5, 5.41) is 0.713. The second-order valence-corrected chi connectivity index (χ2v) is 7.18. The Bertz CT molecular complexity index is 791. The fourth-order valence-corrected chi connectivity index (χ4v) is 3.71. The summed E-state index contributed by atoms with van der Waals surface area (Å²) in [5.74, 6) is 0.618. The van der Waals surface area contributed by atoms with Crippen molar-refractivity contribution >= 4 is 39.1 Å². The number of rotatable bonds is 3. The molecule has 0 fully saturated rings. The van der Waals surface area contributed by atoms with Crippen molar-refractivity contribution in [1.82, 2.24) is 0 Å². The number of hydrogen-bond donors (Lipinski definition) is 0. The van der Waals surface area contributed by atoms with Gasteiger partial charge in [0.25, 0.3) is 5.91 Å². The molecule has 2 aromatic carbocycles. The first-order chi connectivity index (χ1) is 11.5. The van der Waals surface area contributed by atoms with Crippen LogP contribution in [-0.4, -0.2) is 19.1 Å². The summed E-state index contributed by atoms with van der Waals surface area (Å²) < 4.78 is 6.58. The Hall–Kier alpha value is -1.52. The van der Waals surface area contributed by atoms with E-state index in [-0.39, 0.29) is 12.5 Å². The Morgan fingerprint density at radius 1 is 1.33 bits per heavy atom. The number of para-hydroxylation sites is 1. The highest BCUT2D eigenvalue weighted by atomic mass is 79.9. The molecule has 126 valence electrons. The lowest BCUT2D eigenvalue weighted by molar-refractivity contribution is -0.120. The van der Waals surface area contributed by atoms with E-state index in [1.54, 1.807) is 0 Å². The molecule has 0 radical (unpaired) electrons. The largest absolute Gasteiger partial charge is 0.483 e. The van der Waals surface area contributed by atoms with Gasteiger partial charge < -0.3 is 9.64 Å². The Morgan fingerprint density at radius 3 is 2.88 bits per heavy atom. The minimum atomic E-state index is -0.0284. The van der Waals surface area contributed by atoms with E-state index in [9.17, 15) is 4.79 Å². The molecular weight excluding hydrogens is 390 g/mol. The van der Waals surface area contributed by atoms with E-state index < -0.39 is 0 Å². The predicted molar refractivity (Wildman–Crippen MR) is 101 cm³/mol. The van der Waals surface area contributed by atoms with E-state index in [1.807, 2.05) is 43.0 Å². The standard InChI is InChI=1S/C19H19BrClNO2/c1-12-10-16(18(20)13(2)19(12)21)24-11-17(23)22-9-5-7-14-6-3-4-8-15(14)22/h3-4,6,8,10H,5,7,9,11H2,1-2H3. The summed E-state index contributed by atoms with van der Waals surface area (Å²) in [5.41, 5.74) is 4.07. The number of hydrogen-bond acceptors (Lipinski definition) is 2. The van der Waals surface area contributed by atoms with Gasteiger partial charge in [-0.15, -0.1) is 0 Å². The zero-order valence-corrected chi connectivity index (χ0v) is 16.1. The number of halogens is 2. The fraction of sp³-hybridized carbons (Fsp3) is 0.316. The third-order valence-corrected chi connectivity index (χ3v) is 5.90. The van der Waals surface area contributed by atoms with Crippen molar-refractivity contribution in [2.75, 3.05) is 18.1 Å². The summed E-state index contributed by atoms with van der Waals surface area (Å²) in [6, 6.07) is 9.92. The van der Waals surface area contributed by atoms with Crippen LogP contribution >= 0.6 is 27.5 Å². The molecule has 0 N–H and O–H groups in total. The first-order valence-electron chi connectivity index (χ1n) is 7.95. The van der Waals surface area contributed by atoms with Gasteiger partial charge in [-0.3, -0.25) is 4.79 Å². The lowest BCUT2D eigenvalue weighted by Gasteiger charge is -2.29. The van der Waals surface area contributed by atoms with Crippen molar-refractivity contribution in [3.05, 3.63) is 56.5 Å². The molecule has 0 saturated carbocycles. The average molecular weight is 409 g/mol. The molecule has 1 amide bonds. The van der Waals surface area contributed by atoms with Crippen LogP contribution in [-0.2, 0) is 11.2 Å². The first-order valence-corrected chi connectivity index (χ1v) is 9.12. The smallest absolute Gasteiger partial charge is 0.264 e. The summed E-state index contributed by atoms with van der Waals surface area (Å²) in [6.45, 7) is 4.60. The topological polar surface area (TPSA) is 29.5 Å². The van der Waals surface area contributed by atoms with E-state index in [1.165, 1.54) is 5.56 Å². The van der Waals surface area contributed by atoms with E-state index in [2.05, 4.69) is 22.0 Å². The lowest BCUT2D eigenvalue weighted by Crippen LogP contribution is -2.38. The van der Waals surface area contributed by atoms with Gasteiger partial charge in [-0.05, 0) is 71.4 Å². The van der Waals surface area contributed by atoms with Gasteiger partial charge in [0.05, 0.1) is 4.47 Å². The second kappa shape index (κ2) is 7.16. The molecule has 0 aliphatic carbocycles. The number of nitrogens with zero attached hydrogens (tertiary/aromatic N) is 1. The number of benzene rings is 2. The quantitative estimate of drug-likeness (QED) is 0.709. The highest BCUT2D eigenvalue weighted by Gasteiger charge is 2.23. The van der Waals surface area contributed by atoms with Gasteiger partial charge in [-0.1, -0.05) is 29.8 Å². The van der Waals surface area contributed by atoms with Crippen LogP contribution in [0.4, 0.5) is 5.69 Å². The molecule has 3 nitrogen and oxygen atoms in total. The van der Waals surface area contributed by atoms with Gasteiger partial charge in [0.1, 0.15) is 5.75 Å². The maximum absolute atomic E-state index is 12.6. The van der Waals surface area contributed by atoms with Gasteiger partial charge in [0, 0.05) is 17.3 Å². The monoisotopic (exact) mass is 407 g/mol. The molecule has 1 heterocycles. The van der Waals surface area contributed by atoms with Gasteiger partial charge in [0.2, 0.25) is 0 Å². The Labute approximate surface area is 155 Å². The van der Waals surface area contributed by atoms with Crippen molar-refractivity contribution in [1.29, 1.82) is 0 Å². The molecule has 0 spiro atoms. The van der Waals surface area contributed by atoms with Crippen LogP contribution in [0.2, 0.25) is 5.02 Å². The van der Waals surface area contributed by atoms with Crippen LogP contribution in [0.15, 0.2) is 34.8 Å². The average Bonchev–Trinajstić information content (AvgIpc) is 2.61. The van der Waals surface area contributed by atoms with Crippen LogP contribution in [0, 0.1) is 13.8 Å². The third kappa shape index (κ3) is 3.31. The summed E-state index contributed by atoms with van der Waals surface area (Å²) in [4.78, 5) is 14.5. The number of aryl methyl sites for hydroxylation is 2. The molecule has 0 aromatic heterocycles. The Morgan fingerprint density at radius 2 is 2.08 bits per heavy atom. The Balaban J connectivity index is 1.76. The molecule has 3 rings (SSSR count). The molecule has 1 aliphatic rings. The molecule has 24 heavy (non-hydrogen) atoms. The minimum absolute atomic E-state index is 0.00739. The van der Waals surface area contributed by atoms with Gasteiger partial charge >= 0.3 is 0 Å². The van der Waals surface area contributed by atoms with Crippen LogP contribution < -0.4 is 9.64 Å². The summed E-state index contributed by atoms with van der Waals surface area (Å²) in [7, 11) is 0. The zero-order chi connectivity index (χ0) is 17.3. The molecule has 1 aliphatic heterocycles. The number of fused-ring (bicyclic) bond motifs is 1. The summed E-state index contributed by atoms with van der Waals surface area (Å²) in [6.07, 6.45) is 1.99. The maximum atomic E-state index is 12.6. The van der Waals surface area contributed by atoms with E-state index in [0.717, 1.165) is 40.7 Å². The fourth-order valence-electron chi connectivity index (χ4n) is 3.02. The van der Waals surface area contributed by atoms with Crippen LogP contribution in [0.3, 0.4) is 0 Å². The zero-order valence-electron chi connectivity index (χ0n) is 13.7. The highest BCUT2D eigenvalue weighted by Crippen LogP contribution is 2.36. The summed E-state index contributed by atoms with van der Waals surface area (Å²) >= 11 is 9.74. The SMILES string of the molecule is Cc1cc(OCC(=O)N2CCCc3ccccc32)c(Br)c(C)c1Cl. The Kier molecular flexibility index (Phi) is 5.16. The number of carbonyl (C=O) groups is 1. The molecule has 5 heteroatoms.